The van der Waals surface area contributed by atoms with Crippen LogP contribution in [0, 0.1) is 0 Å². The molecule has 118 valence electrons. The molecule has 2 atom stereocenters. The van der Waals surface area contributed by atoms with E-state index in [0.29, 0.717) is 6.54 Å². The van der Waals surface area contributed by atoms with Gasteiger partial charge in [-0.05, 0) is 43.9 Å². The maximum Gasteiger partial charge on any atom is 0.280 e. The summed E-state index contributed by atoms with van der Waals surface area (Å²) < 4.78 is 6.29. The van der Waals surface area contributed by atoms with Crippen LogP contribution in [0.3, 0.4) is 0 Å². The van der Waals surface area contributed by atoms with Crippen LogP contribution in [-0.4, -0.2) is 41.3 Å². The molecule has 1 unspecified atom stereocenters. The van der Waals surface area contributed by atoms with Crippen molar-refractivity contribution >= 4 is 5.91 Å². The van der Waals surface area contributed by atoms with Gasteiger partial charge in [0.05, 0.1) is 5.92 Å². The predicted octanol–water partition coefficient (Wildman–Crippen LogP) is 1.96. The summed E-state index contributed by atoms with van der Waals surface area (Å²) in [6.07, 6.45) is 5.25. The Bertz CT molecular complexity index is 598. The van der Waals surface area contributed by atoms with Gasteiger partial charge in [0.15, 0.2) is 0 Å². The molecule has 1 amide bonds. The lowest BCUT2D eigenvalue weighted by atomic mass is 9.85. The summed E-state index contributed by atoms with van der Waals surface area (Å²) >= 11 is 0. The Morgan fingerprint density at radius 3 is 2.86 bits per heavy atom. The Labute approximate surface area is 130 Å². The number of hydrogen-bond acceptors (Lipinski definition) is 4. The molecule has 22 heavy (non-hydrogen) atoms. The van der Waals surface area contributed by atoms with E-state index in [9.17, 15) is 9.90 Å². The first kappa shape index (κ1) is 13.9. The number of fused-ring (bicyclic) bond motifs is 3. The Hall–Kier alpha value is -1.75. The third-order valence-electron chi connectivity index (χ3n) is 5.21. The molecule has 2 saturated heterocycles. The van der Waals surface area contributed by atoms with Gasteiger partial charge in [-0.3, -0.25) is 9.69 Å². The molecule has 0 bridgehead atoms. The Kier molecular flexibility index (Phi) is 3.26. The molecule has 3 aliphatic heterocycles. The van der Waals surface area contributed by atoms with Crippen LogP contribution in [0.5, 0.6) is 11.5 Å². The maximum atomic E-state index is 12.9. The molecule has 2 fully saturated rings. The number of phenolic OH excluding ortho intramolecular Hbond substituents is 1. The van der Waals surface area contributed by atoms with Crippen LogP contribution in [0.4, 0.5) is 0 Å². The van der Waals surface area contributed by atoms with Crippen molar-refractivity contribution in [2.24, 2.45) is 0 Å². The number of benzene rings is 1. The number of carbonyl (C=O) groups excluding carboxylic acids is 1. The summed E-state index contributed by atoms with van der Waals surface area (Å²) in [6, 6.07) is 5.19. The van der Waals surface area contributed by atoms with Crippen LogP contribution >= 0.6 is 0 Å². The summed E-state index contributed by atoms with van der Waals surface area (Å²) in [5.41, 5.74) is 0.0511. The Morgan fingerprint density at radius 2 is 2.05 bits per heavy atom. The van der Waals surface area contributed by atoms with Gasteiger partial charge in [-0.2, -0.15) is 0 Å². The molecule has 0 saturated carbocycles. The minimum absolute atomic E-state index is 0.00444. The highest BCUT2D eigenvalue weighted by Gasteiger charge is 2.58. The van der Waals surface area contributed by atoms with E-state index in [0.717, 1.165) is 50.1 Å². The number of aromatic hydroxyl groups is 1. The highest BCUT2D eigenvalue weighted by molar-refractivity contribution is 5.88. The number of amides is 1. The van der Waals surface area contributed by atoms with Gasteiger partial charge >= 0.3 is 0 Å². The molecule has 3 aliphatic rings. The fraction of sp³-hybridized carbons (Fsp3) is 0.588. The number of hydrogen-bond donors (Lipinski definition) is 2. The summed E-state index contributed by atoms with van der Waals surface area (Å²) in [4.78, 5) is 15.2. The number of carbonyl (C=O) groups is 1. The second-order valence-electron chi connectivity index (χ2n) is 6.52. The minimum atomic E-state index is -0.924. The van der Waals surface area contributed by atoms with Crippen LogP contribution < -0.4 is 10.1 Å². The van der Waals surface area contributed by atoms with Gasteiger partial charge in [0, 0.05) is 25.2 Å². The third kappa shape index (κ3) is 1.92. The lowest BCUT2D eigenvalue weighted by Crippen LogP contribution is -2.64. The monoisotopic (exact) mass is 302 g/mol. The molecule has 1 aromatic carbocycles. The zero-order valence-corrected chi connectivity index (χ0v) is 12.7. The minimum Gasteiger partial charge on any atom is -0.508 e. The standard InChI is InChI=1S/C17H22N2O3/c20-12-6-7-15-13(11-12)14-5-4-8-18-16(21)17(14,22-15)19-9-2-1-3-10-19/h6-7,11,14,20H,1-5,8-10H2,(H,18,21)/t14-,17?/m0/s1. The van der Waals surface area contributed by atoms with E-state index in [-0.39, 0.29) is 17.6 Å². The van der Waals surface area contributed by atoms with E-state index in [2.05, 4.69) is 10.2 Å². The number of likely N-dealkylation sites (tertiary alicyclic amines) is 1. The molecule has 4 rings (SSSR count). The van der Waals surface area contributed by atoms with Gasteiger partial charge in [0.2, 0.25) is 5.72 Å². The van der Waals surface area contributed by atoms with E-state index >= 15 is 0 Å². The molecular formula is C17H22N2O3. The van der Waals surface area contributed by atoms with Gasteiger partial charge in [-0.25, -0.2) is 0 Å². The van der Waals surface area contributed by atoms with Crippen LogP contribution in [0.1, 0.15) is 43.6 Å². The largest absolute Gasteiger partial charge is 0.508 e. The number of piperidine rings is 1. The normalized spacial score (nSPS) is 31.6. The van der Waals surface area contributed by atoms with E-state index < -0.39 is 5.72 Å². The molecule has 5 nitrogen and oxygen atoms in total. The second kappa shape index (κ2) is 5.16. The predicted molar refractivity (Wildman–Crippen MR) is 81.9 cm³/mol. The van der Waals surface area contributed by atoms with Crippen LogP contribution in [-0.2, 0) is 4.79 Å². The zero-order valence-electron chi connectivity index (χ0n) is 12.7. The molecule has 3 heterocycles. The maximum absolute atomic E-state index is 12.9. The highest BCUT2D eigenvalue weighted by Crippen LogP contribution is 2.51. The average Bonchev–Trinajstić information content (AvgIpc) is 2.77. The van der Waals surface area contributed by atoms with E-state index in [1.165, 1.54) is 6.42 Å². The summed E-state index contributed by atoms with van der Waals surface area (Å²) in [7, 11) is 0. The van der Waals surface area contributed by atoms with E-state index in [1.807, 2.05) is 0 Å². The number of phenols is 1. The molecular weight excluding hydrogens is 280 g/mol. The first-order valence-electron chi connectivity index (χ1n) is 8.27. The lowest BCUT2D eigenvalue weighted by molar-refractivity contribution is -0.159. The SMILES string of the molecule is O=C1NCCC[C@H]2c3cc(O)ccc3OC12N1CCCCC1. The van der Waals surface area contributed by atoms with Gasteiger partial charge in [-0.15, -0.1) is 0 Å². The summed E-state index contributed by atoms with van der Waals surface area (Å²) in [6.45, 7) is 2.48. The van der Waals surface area contributed by atoms with Gasteiger partial charge in [0.25, 0.3) is 5.91 Å². The van der Waals surface area contributed by atoms with Crippen molar-refractivity contribution in [1.82, 2.24) is 10.2 Å². The smallest absolute Gasteiger partial charge is 0.280 e. The quantitative estimate of drug-likeness (QED) is 0.832. The van der Waals surface area contributed by atoms with Crippen molar-refractivity contribution in [2.75, 3.05) is 19.6 Å². The highest BCUT2D eigenvalue weighted by atomic mass is 16.5. The van der Waals surface area contributed by atoms with Crippen LogP contribution in [0.15, 0.2) is 18.2 Å². The summed E-state index contributed by atoms with van der Waals surface area (Å²) in [5.74, 6) is 0.953. The average molecular weight is 302 g/mol. The van der Waals surface area contributed by atoms with Crippen molar-refractivity contribution in [3.8, 4) is 11.5 Å². The fourth-order valence-corrected chi connectivity index (χ4v) is 4.20. The second-order valence-corrected chi connectivity index (χ2v) is 6.52. The van der Waals surface area contributed by atoms with E-state index in [4.69, 9.17) is 4.74 Å². The molecule has 0 aliphatic carbocycles. The molecule has 0 radical (unpaired) electrons. The number of nitrogens with zero attached hydrogens (tertiary/aromatic N) is 1. The zero-order chi connectivity index (χ0) is 15.2. The molecule has 1 aromatic rings. The number of nitrogens with one attached hydrogen (secondary N) is 1. The van der Waals surface area contributed by atoms with Crippen LogP contribution in [0.25, 0.3) is 0 Å². The lowest BCUT2D eigenvalue weighted by Gasteiger charge is -2.43. The first-order valence-corrected chi connectivity index (χ1v) is 8.27. The van der Waals surface area contributed by atoms with E-state index in [1.54, 1.807) is 18.2 Å². The van der Waals surface area contributed by atoms with Crippen molar-refractivity contribution in [3.05, 3.63) is 23.8 Å². The topological polar surface area (TPSA) is 61.8 Å². The van der Waals surface area contributed by atoms with Gasteiger partial charge in [-0.1, -0.05) is 6.42 Å². The molecule has 5 heteroatoms. The van der Waals surface area contributed by atoms with Crippen molar-refractivity contribution in [1.29, 1.82) is 0 Å². The number of rotatable bonds is 1. The Balaban J connectivity index is 1.82. The fourth-order valence-electron chi connectivity index (χ4n) is 4.20. The number of ether oxygens (including phenoxy) is 1. The molecule has 2 N–H and O–H groups in total. The first-order chi connectivity index (χ1) is 10.7. The van der Waals surface area contributed by atoms with Gasteiger partial charge in [0.1, 0.15) is 11.5 Å². The molecule has 0 aromatic heterocycles. The van der Waals surface area contributed by atoms with Crippen molar-refractivity contribution < 1.29 is 14.6 Å². The van der Waals surface area contributed by atoms with Gasteiger partial charge < -0.3 is 15.2 Å². The summed E-state index contributed by atoms with van der Waals surface area (Å²) in [5, 5.41) is 12.9. The molecule has 0 spiro atoms. The Morgan fingerprint density at radius 1 is 1.23 bits per heavy atom. The van der Waals surface area contributed by atoms with Crippen molar-refractivity contribution in [3.63, 3.8) is 0 Å². The third-order valence-corrected chi connectivity index (χ3v) is 5.21. The van der Waals surface area contributed by atoms with Crippen molar-refractivity contribution in [2.45, 2.75) is 43.7 Å². The van der Waals surface area contributed by atoms with Crippen LogP contribution in [0.2, 0.25) is 0 Å².